The van der Waals surface area contributed by atoms with Gasteiger partial charge in [-0.1, -0.05) is 51.5 Å². The van der Waals surface area contributed by atoms with Crippen LogP contribution in [0, 0.1) is 5.92 Å². The summed E-state index contributed by atoms with van der Waals surface area (Å²) in [7, 11) is 3.36. The Balaban J connectivity index is 2.23. The zero-order valence-corrected chi connectivity index (χ0v) is 17.9. The van der Waals surface area contributed by atoms with Crippen molar-refractivity contribution in [3.63, 3.8) is 0 Å². The van der Waals surface area contributed by atoms with Crippen molar-refractivity contribution in [1.82, 2.24) is 0 Å². The van der Waals surface area contributed by atoms with Gasteiger partial charge in [-0.2, -0.15) is 0 Å². The number of ether oxygens (including phenoxy) is 4. The number of hydrogen-bond donors (Lipinski definition) is 0. The van der Waals surface area contributed by atoms with Crippen molar-refractivity contribution in [3.05, 3.63) is 59.7 Å². The fourth-order valence-electron chi connectivity index (χ4n) is 3.42. The van der Waals surface area contributed by atoms with Crippen LogP contribution in [0.4, 0.5) is 0 Å². The molecule has 154 valence electrons. The Kier molecular flexibility index (Phi) is 8.81. The minimum Gasteiger partial charge on any atom is -0.491 e. The standard InChI is InChI=1S/C24H34O4/c1-6-19(2)24(3,20-7-11-22(12-8-20)27-17-15-25-4)21-9-13-23(14-10-21)28-18-16-26-5/h7-14,19H,6,15-18H2,1-5H3. The van der Waals surface area contributed by atoms with Crippen molar-refractivity contribution >= 4 is 0 Å². The minimum atomic E-state index is -0.0924. The summed E-state index contributed by atoms with van der Waals surface area (Å²) >= 11 is 0. The lowest BCUT2D eigenvalue weighted by atomic mass is 9.67. The molecule has 0 aromatic heterocycles. The summed E-state index contributed by atoms with van der Waals surface area (Å²) in [5.41, 5.74) is 2.48. The number of hydrogen-bond acceptors (Lipinski definition) is 4. The molecule has 0 N–H and O–H groups in total. The summed E-state index contributed by atoms with van der Waals surface area (Å²) in [5.74, 6) is 2.22. The Morgan fingerprint density at radius 1 is 0.714 bits per heavy atom. The first-order chi connectivity index (χ1) is 13.6. The van der Waals surface area contributed by atoms with Crippen LogP contribution >= 0.6 is 0 Å². The van der Waals surface area contributed by atoms with Gasteiger partial charge in [0.25, 0.3) is 0 Å². The fourth-order valence-corrected chi connectivity index (χ4v) is 3.42. The molecular formula is C24H34O4. The largest absolute Gasteiger partial charge is 0.491 e. The molecule has 2 rings (SSSR count). The maximum absolute atomic E-state index is 5.72. The van der Waals surface area contributed by atoms with Crippen LogP contribution in [0.3, 0.4) is 0 Å². The van der Waals surface area contributed by atoms with Crippen molar-refractivity contribution in [2.24, 2.45) is 5.92 Å². The number of methoxy groups -OCH3 is 2. The molecule has 4 nitrogen and oxygen atoms in total. The van der Waals surface area contributed by atoms with Gasteiger partial charge in [0.1, 0.15) is 24.7 Å². The van der Waals surface area contributed by atoms with Crippen LogP contribution in [0.2, 0.25) is 0 Å². The quantitative estimate of drug-likeness (QED) is 0.476. The van der Waals surface area contributed by atoms with Crippen LogP contribution in [0.5, 0.6) is 11.5 Å². The van der Waals surface area contributed by atoms with Gasteiger partial charge in [-0.05, 0) is 41.3 Å². The number of benzene rings is 2. The van der Waals surface area contributed by atoms with Crippen molar-refractivity contribution in [2.45, 2.75) is 32.6 Å². The molecule has 0 bridgehead atoms. The SMILES string of the molecule is CCC(C)C(C)(c1ccc(OCCOC)cc1)c1ccc(OCCOC)cc1. The molecule has 1 unspecified atom stereocenters. The predicted molar refractivity (Wildman–Crippen MR) is 114 cm³/mol. The minimum absolute atomic E-state index is 0.0924. The van der Waals surface area contributed by atoms with E-state index in [9.17, 15) is 0 Å². The highest BCUT2D eigenvalue weighted by molar-refractivity contribution is 5.43. The molecule has 0 aliphatic rings. The Morgan fingerprint density at radius 2 is 1.11 bits per heavy atom. The van der Waals surface area contributed by atoms with Gasteiger partial charge in [-0.15, -0.1) is 0 Å². The van der Waals surface area contributed by atoms with Crippen LogP contribution in [0.15, 0.2) is 48.5 Å². The summed E-state index contributed by atoms with van der Waals surface area (Å²) in [4.78, 5) is 0. The van der Waals surface area contributed by atoms with E-state index in [-0.39, 0.29) is 5.41 Å². The zero-order valence-electron chi connectivity index (χ0n) is 17.9. The van der Waals surface area contributed by atoms with Gasteiger partial charge in [0.2, 0.25) is 0 Å². The van der Waals surface area contributed by atoms with Crippen LogP contribution in [0.1, 0.15) is 38.3 Å². The molecule has 0 aliphatic carbocycles. The smallest absolute Gasteiger partial charge is 0.119 e. The van der Waals surface area contributed by atoms with Gasteiger partial charge in [-0.3, -0.25) is 0 Å². The maximum atomic E-state index is 5.72. The lowest BCUT2D eigenvalue weighted by Gasteiger charge is -2.37. The molecule has 0 heterocycles. The van der Waals surface area contributed by atoms with Gasteiger partial charge in [0.05, 0.1) is 13.2 Å². The van der Waals surface area contributed by atoms with Crippen LogP contribution in [-0.2, 0) is 14.9 Å². The maximum Gasteiger partial charge on any atom is 0.119 e. The van der Waals surface area contributed by atoms with E-state index in [0.29, 0.717) is 32.3 Å². The fraction of sp³-hybridized carbons (Fsp3) is 0.500. The molecule has 2 aromatic carbocycles. The Bertz CT molecular complexity index is 625. The van der Waals surface area contributed by atoms with Gasteiger partial charge >= 0.3 is 0 Å². The van der Waals surface area contributed by atoms with E-state index in [1.54, 1.807) is 14.2 Å². The van der Waals surface area contributed by atoms with Gasteiger partial charge in [0, 0.05) is 19.6 Å². The molecule has 0 saturated heterocycles. The third-order valence-electron chi connectivity index (χ3n) is 5.62. The molecule has 4 heteroatoms. The van der Waals surface area contributed by atoms with E-state index in [2.05, 4.69) is 45.0 Å². The van der Waals surface area contributed by atoms with Gasteiger partial charge in [0.15, 0.2) is 0 Å². The second-order valence-corrected chi connectivity index (χ2v) is 7.24. The van der Waals surface area contributed by atoms with E-state index in [4.69, 9.17) is 18.9 Å². The van der Waals surface area contributed by atoms with Gasteiger partial charge < -0.3 is 18.9 Å². The normalized spacial score (nSPS) is 12.6. The number of rotatable bonds is 12. The summed E-state index contributed by atoms with van der Waals surface area (Å²) < 4.78 is 21.5. The average Bonchev–Trinajstić information content (AvgIpc) is 2.74. The third kappa shape index (κ3) is 5.49. The first-order valence-corrected chi connectivity index (χ1v) is 10.0. The second kappa shape index (κ2) is 11.1. The topological polar surface area (TPSA) is 36.9 Å². The monoisotopic (exact) mass is 386 g/mol. The summed E-state index contributed by atoms with van der Waals surface area (Å²) in [6.07, 6.45) is 1.09. The highest BCUT2D eigenvalue weighted by atomic mass is 16.5. The summed E-state index contributed by atoms with van der Waals surface area (Å²) in [5, 5.41) is 0. The van der Waals surface area contributed by atoms with Crippen LogP contribution in [-0.4, -0.2) is 40.6 Å². The van der Waals surface area contributed by atoms with Crippen molar-refractivity contribution in [3.8, 4) is 11.5 Å². The molecule has 0 saturated carbocycles. The van der Waals surface area contributed by atoms with Crippen LogP contribution < -0.4 is 9.47 Å². The van der Waals surface area contributed by atoms with Gasteiger partial charge in [-0.25, -0.2) is 0 Å². The second-order valence-electron chi connectivity index (χ2n) is 7.24. The lowest BCUT2D eigenvalue weighted by Crippen LogP contribution is -2.31. The van der Waals surface area contributed by atoms with E-state index < -0.39 is 0 Å². The molecule has 2 aromatic rings. The molecule has 1 atom stereocenters. The molecule has 0 spiro atoms. The summed E-state index contributed by atoms with van der Waals surface area (Å²) in [6, 6.07) is 16.9. The lowest BCUT2D eigenvalue weighted by molar-refractivity contribution is 0.146. The first-order valence-electron chi connectivity index (χ1n) is 10.0. The molecule has 0 aliphatic heterocycles. The Morgan fingerprint density at radius 3 is 1.43 bits per heavy atom. The molecule has 0 radical (unpaired) electrons. The first kappa shape index (κ1) is 22.3. The van der Waals surface area contributed by atoms with E-state index in [1.807, 2.05) is 24.3 Å². The van der Waals surface area contributed by atoms with Crippen LogP contribution in [0.25, 0.3) is 0 Å². The van der Waals surface area contributed by atoms with Crippen molar-refractivity contribution in [2.75, 3.05) is 40.6 Å². The van der Waals surface area contributed by atoms with E-state index in [0.717, 1.165) is 17.9 Å². The molecule has 0 amide bonds. The highest BCUT2D eigenvalue weighted by Crippen LogP contribution is 2.41. The Labute approximate surface area is 169 Å². The van der Waals surface area contributed by atoms with Crippen molar-refractivity contribution in [1.29, 1.82) is 0 Å². The summed E-state index contributed by atoms with van der Waals surface area (Å²) in [6.45, 7) is 9.17. The third-order valence-corrected chi connectivity index (χ3v) is 5.62. The predicted octanol–water partition coefficient (Wildman–Crippen LogP) is 5.09. The van der Waals surface area contributed by atoms with E-state index in [1.165, 1.54) is 11.1 Å². The Hall–Kier alpha value is -2.04. The zero-order chi connectivity index (χ0) is 20.4. The van der Waals surface area contributed by atoms with Crippen molar-refractivity contribution < 1.29 is 18.9 Å². The highest BCUT2D eigenvalue weighted by Gasteiger charge is 2.34. The molecular weight excluding hydrogens is 352 g/mol. The van der Waals surface area contributed by atoms with E-state index >= 15 is 0 Å². The molecule has 0 fully saturated rings. The molecule has 28 heavy (non-hydrogen) atoms. The average molecular weight is 387 g/mol.